The van der Waals surface area contributed by atoms with Crippen LogP contribution in [0.5, 0.6) is 0 Å². The van der Waals surface area contributed by atoms with Gasteiger partial charge in [-0.25, -0.2) is 0 Å². The van der Waals surface area contributed by atoms with Crippen LogP contribution < -0.4 is 5.73 Å². The topological polar surface area (TPSA) is 55.5 Å². The first kappa shape index (κ1) is 9.88. The highest BCUT2D eigenvalue weighted by Crippen LogP contribution is 2.02. The second-order valence-electron chi connectivity index (χ2n) is 2.57. The number of hydrogen-bond acceptors (Lipinski definition) is 3. The molecule has 3 nitrogen and oxygen atoms in total. The normalized spacial score (nSPS) is 16.8. The van der Waals surface area contributed by atoms with Crippen LogP contribution in [0.25, 0.3) is 0 Å². The molecule has 0 aliphatic carbocycles. The summed E-state index contributed by atoms with van der Waals surface area (Å²) in [4.78, 5) is 0. The number of aliphatic hydroxyl groups excluding tert-OH is 1. The first-order chi connectivity index (χ1) is 4.66. The van der Waals surface area contributed by atoms with Gasteiger partial charge in [0.2, 0.25) is 0 Å². The molecule has 0 aliphatic rings. The number of rotatable bonds is 5. The highest BCUT2D eigenvalue weighted by Gasteiger charge is 2.04. The molecule has 0 saturated heterocycles. The summed E-state index contributed by atoms with van der Waals surface area (Å²) in [5.41, 5.74) is 5.17. The fourth-order valence-corrected chi connectivity index (χ4v) is 0.799. The first-order valence-corrected chi connectivity index (χ1v) is 3.68. The average molecular weight is 147 g/mol. The summed E-state index contributed by atoms with van der Waals surface area (Å²) in [5.74, 6) is 0.347. The number of aliphatic hydroxyl groups is 1. The Kier molecular flexibility index (Phi) is 5.58. The minimum atomic E-state index is -0.699. The van der Waals surface area contributed by atoms with Crippen molar-refractivity contribution in [3.63, 3.8) is 0 Å². The van der Waals surface area contributed by atoms with E-state index in [9.17, 15) is 0 Å². The van der Waals surface area contributed by atoms with Crippen LogP contribution in [0.1, 0.15) is 20.3 Å². The molecule has 0 aliphatic heterocycles. The van der Waals surface area contributed by atoms with Crippen LogP contribution in [-0.4, -0.2) is 24.5 Å². The Hall–Kier alpha value is -0.120. The third-order valence-corrected chi connectivity index (χ3v) is 1.25. The van der Waals surface area contributed by atoms with Crippen molar-refractivity contribution in [3.8, 4) is 0 Å². The molecule has 0 aromatic rings. The van der Waals surface area contributed by atoms with Crippen LogP contribution in [0.2, 0.25) is 0 Å². The summed E-state index contributed by atoms with van der Waals surface area (Å²) in [7, 11) is 0. The fraction of sp³-hybridized carbons (Fsp3) is 1.00. The predicted octanol–water partition coefficient (Wildman–Crippen LogP) is 0.326. The van der Waals surface area contributed by atoms with Crippen molar-refractivity contribution in [2.45, 2.75) is 26.5 Å². The Balaban J connectivity index is 3.16. The van der Waals surface area contributed by atoms with Crippen molar-refractivity contribution in [1.82, 2.24) is 0 Å². The molecule has 62 valence electrons. The van der Waals surface area contributed by atoms with Crippen LogP contribution in [0.3, 0.4) is 0 Å². The van der Waals surface area contributed by atoms with E-state index in [1.165, 1.54) is 0 Å². The lowest BCUT2D eigenvalue weighted by Gasteiger charge is -2.12. The zero-order chi connectivity index (χ0) is 7.98. The molecule has 0 heterocycles. The quantitative estimate of drug-likeness (QED) is 0.551. The van der Waals surface area contributed by atoms with Gasteiger partial charge in [-0.1, -0.05) is 6.92 Å². The van der Waals surface area contributed by atoms with Crippen molar-refractivity contribution in [2.75, 3.05) is 13.2 Å². The second kappa shape index (κ2) is 5.65. The Bertz CT molecular complexity index is 76.0. The van der Waals surface area contributed by atoms with E-state index in [2.05, 4.69) is 0 Å². The Morgan fingerprint density at radius 3 is 2.60 bits per heavy atom. The average Bonchev–Trinajstić information content (AvgIpc) is 1.82. The van der Waals surface area contributed by atoms with Gasteiger partial charge in [-0.3, -0.25) is 0 Å². The molecule has 0 amide bonds. The van der Waals surface area contributed by atoms with Crippen LogP contribution in [0, 0.1) is 5.92 Å². The number of hydrogen-bond donors (Lipinski definition) is 2. The second-order valence-corrected chi connectivity index (χ2v) is 2.57. The monoisotopic (exact) mass is 147 g/mol. The third-order valence-electron chi connectivity index (χ3n) is 1.25. The summed E-state index contributed by atoms with van der Waals surface area (Å²) >= 11 is 0. The molecule has 3 heteroatoms. The fourth-order valence-electron chi connectivity index (χ4n) is 0.799. The highest BCUT2D eigenvalue weighted by molar-refractivity contribution is 4.54. The van der Waals surface area contributed by atoms with Crippen molar-refractivity contribution in [3.05, 3.63) is 0 Å². The minimum absolute atomic E-state index is 0.347. The maximum absolute atomic E-state index is 8.74. The van der Waals surface area contributed by atoms with Gasteiger partial charge < -0.3 is 15.6 Å². The molecular formula is C7H17NO2. The molecule has 0 fully saturated rings. The summed E-state index contributed by atoms with van der Waals surface area (Å²) in [6.45, 7) is 5.37. The standard InChI is InChI=1S/C7H17NO2/c1-3-10-5-6(2)4-7(8)9/h6-7,9H,3-5,8H2,1-2H3/t6?,7-/m1/s1. The van der Waals surface area contributed by atoms with E-state index < -0.39 is 6.23 Å². The zero-order valence-corrected chi connectivity index (χ0v) is 6.71. The van der Waals surface area contributed by atoms with Crippen LogP contribution in [0.4, 0.5) is 0 Å². The van der Waals surface area contributed by atoms with Crippen molar-refractivity contribution >= 4 is 0 Å². The summed E-state index contributed by atoms with van der Waals surface area (Å²) in [5, 5.41) is 8.74. The smallest absolute Gasteiger partial charge is 0.102 e. The first-order valence-electron chi connectivity index (χ1n) is 3.68. The maximum Gasteiger partial charge on any atom is 0.102 e. The molecule has 3 N–H and O–H groups in total. The van der Waals surface area contributed by atoms with Gasteiger partial charge in [-0.05, 0) is 19.3 Å². The van der Waals surface area contributed by atoms with E-state index in [-0.39, 0.29) is 0 Å². The van der Waals surface area contributed by atoms with Crippen molar-refractivity contribution in [2.24, 2.45) is 11.7 Å². The van der Waals surface area contributed by atoms with Gasteiger partial charge in [0, 0.05) is 13.2 Å². The molecule has 0 aromatic heterocycles. The molecule has 0 saturated carbocycles. The van der Waals surface area contributed by atoms with E-state index in [1.807, 2.05) is 13.8 Å². The molecule has 0 spiro atoms. The number of ether oxygens (including phenoxy) is 1. The molecule has 0 aromatic carbocycles. The summed E-state index contributed by atoms with van der Waals surface area (Å²) in [6, 6.07) is 0. The SMILES string of the molecule is CCOCC(C)C[C@H](N)O. The Labute approximate surface area is 62.2 Å². The largest absolute Gasteiger partial charge is 0.381 e. The lowest BCUT2D eigenvalue weighted by atomic mass is 10.1. The van der Waals surface area contributed by atoms with Gasteiger partial charge in [-0.15, -0.1) is 0 Å². The predicted molar refractivity (Wildman–Crippen MR) is 40.5 cm³/mol. The van der Waals surface area contributed by atoms with E-state index in [1.54, 1.807) is 0 Å². The molecule has 2 atom stereocenters. The van der Waals surface area contributed by atoms with E-state index in [0.717, 1.165) is 6.61 Å². The Morgan fingerprint density at radius 2 is 2.20 bits per heavy atom. The lowest BCUT2D eigenvalue weighted by molar-refractivity contribution is 0.0826. The summed E-state index contributed by atoms with van der Waals surface area (Å²) in [6.07, 6.45) is -0.0875. The number of nitrogens with two attached hydrogens (primary N) is 1. The van der Waals surface area contributed by atoms with E-state index in [4.69, 9.17) is 15.6 Å². The van der Waals surface area contributed by atoms with Gasteiger partial charge >= 0.3 is 0 Å². The molecular weight excluding hydrogens is 130 g/mol. The van der Waals surface area contributed by atoms with Gasteiger partial charge in [0.25, 0.3) is 0 Å². The van der Waals surface area contributed by atoms with Gasteiger partial charge in [0.05, 0.1) is 0 Å². The Morgan fingerprint density at radius 1 is 1.60 bits per heavy atom. The van der Waals surface area contributed by atoms with Crippen molar-refractivity contribution < 1.29 is 9.84 Å². The molecule has 1 unspecified atom stereocenters. The molecule has 0 radical (unpaired) electrons. The van der Waals surface area contributed by atoms with Gasteiger partial charge in [-0.2, -0.15) is 0 Å². The lowest BCUT2D eigenvalue weighted by Crippen LogP contribution is -2.23. The maximum atomic E-state index is 8.74. The van der Waals surface area contributed by atoms with Crippen LogP contribution in [-0.2, 0) is 4.74 Å². The van der Waals surface area contributed by atoms with Crippen LogP contribution in [0.15, 0.2) is 0 Å². The van der Waals surface area contributed by atoms with Gasteiger partial charge in [0.1, 0.15) is 6.23 Å². The minimum Gasteiger partial charge on any atom is -0.381 e. The van der Waals surface area contributed by atoms with Crippen LogP contribution >= 0.6 is 0 Å². The third kappa shape index (κ3) is 6.01. The molecule has 0 bridgehead atoms. The van der Waals surface area contributed by atoms with E-state index >= 15 is 0 Å². The zero-order valence-electron chi connectivity index (χ0n) is 6.71. The highest BCUT2D eigenvalue weighted by atomic mass is 16.5. The van der Waals surface area contributed by atoms with E-state index in [0.29, 0.717) is 18.9 Å². The van der Waals surface area contributed by atoms with Crippen molar-refractivity contribution in [1.29, 1.82) is 0 Å². The molecule has 0 rings (SSSR count). The molecule has 10 heavy (non-hydrogen) atoms. The summed E-state index contributed by atoms with van der Waals surface area (Å²) < 4.78 is 5.13. The van der Waals surface area contributed by atoms with Gasteiger partial charge in [0.15, 0.2) is 0 Å².